The number of piperidine rings is 1. The molecule has 2 atom stereocenters. The lowest BCUT2D eigenvalue weighted by Crippen LogP contribution is -2.64. The molecule has 1 heterocycles. The van der Waals surface area contributed by atoms with Gasteiger partial charge in [0.15, 0.2) is 15.6 Å². The van der Waals surface area contributed by atoms with Gasteiger partial charge >= 0.3 is 0 Å². The monoisotopic (exact) mass is 455 g/mol. The molecule has 0 aliphatic carbocycles. The van der Waals surface area contributed by atoms with E-state index in [0.29, 0.717) is 12.1 Å². The van der Waals surface area contributed by atoms with Crippen molar-refractivity contribution in [1.29, 1.82) is 0 Å². The highest BCUT2D eigenvalue weighted by molar-refractivity contribution is 7.94. The van der Waals surface area contributed by atoms with Gasteiger partial charge in [-0.15, -0.1) is 0 Å². The van der Waals surface area contributed by atoms with Crippen molar-refractivity contribution in [2.45, 2.75) is 55.9 Å². The first-order valence-electron chi connectivity index (χ1n) is 10.6. The first kappa shape index (κ1) is 23.9. The van der Waals surface area contributed by atoms with Crippen LogP contribution in [0, 0.1) is 6.92 Å². The molecule has 7 heteroatoms. The molecule has 0 N–H and O–H groups in total. The minimum absolute atomic E-state index is 0.0518. The fourth-order valence-electron chi connectivity index (χ4n) is 4.17. The fraction of sp³-hybridized carbons (Fsp3) is 0.360. The average molecular weight is 456 g/mol. The number of carbonyl (C=O) groups is 2. The molecule has 0 bridgehead atoms. The summed E-state index contributed by atoms with van der Waals surface area (Å²) in [6.07, 6.45) is 1.51. The van der Waals surface area contributed by atoms with E-state index in [2.05, 4.69) is 0 Å². The third kappa shape index (κ3) is 4.02. The minimum Gasteiger partial charge on any atom is -0.375 e. The molecular weight excluding hydrogens is 426 g/mol. The maximum atomic E-state index is 14.0. The zero-order valence-electron chi connectivity index (χ0n) is 18.9. The second-order valence-corrected chi connectivity index (χ2v) is 10.2. The number of benzene rings is 2. The molecule has 0 spiro atoms. The molecule has 6 nitrogen and oxygen atoms in total. The van der Waals surface area contributed by atoms with E-state index in [1.807, 2.05) is 50.3 Å². The molecule has 1 aliphatic rings. The number of hydrogen-bond donors (Lipinski definition) is 0. The van der Waals surface area contributed by atoms with Crippen LogP contribution >= 0.6 is 0 Å². The Morgan fingerprint density at radius 3 is 2.31 bits per heavy atom. The van der Waals surface area contributed by atoms with E-state index < -0.39 is 32.4 Å². The summed E-state index contributed by atoms with van der Waals surface area (Å²) in [5.41, 5.74) is 2.29. The van der Waals surface area contributed by atoms with Gasteiger partial charge in [-0.25, -0.2) is 8.42 Å². The Kier molecular flexibility index (Phi) is 7.00. The van der Waals surface area contributed by atoms with Crippen LogP contribution in [0.4, 0.5) is 0 Å². The third-order valence-corrected chi connectivity index (χ3v) is 8.38. The molecule has 2 aromatic carbocycles. The van der Waals surface area contributed by atoms with Gasteiger partial charge in [-0.3, -0.25) is 9.59 Å². The quantitative estimate of drug-likeness (QED) is 0.593. The maximum absolute atomic E-state index is 14.0. The molecule has 0 aromatic heterocycles. The van der Waals surface area contributed by atoms with Gasteiger partial charge in [-0.05, 0) is 38.0 Å². The van der Waals surface area contributed by atoms with E-state index in [0.717, 1.165) is 11.1 Å². The Bertz CT molecular complexity index is 1120. The topological polar surface area (TPSA) is 80.8 Å². The Morgan fingerprint density at radius 1 is 1.16 bits per heavy atom. The number of sulfone groups is 1. The number of methoxy groups -OCH3 is 1. The number of amides is 1. The number of aryl methyl sites for hydroxylation is 1. The standard InChI is InChI=1S/C25H29NO5S/c1-5-9-22-23(31-4)16-25(19(3)27,32(29,30)21-14-12-18(2)13-15-21)24(28)26(22)17-20-10-7-6-8-11-20/h6-15,23H,5,16-17H2,1-4H3/b22-9+/t23-,25+/m0/s1. The lowest BCUT2D eigenvalue weighted by Gasteiger charge is -2.44. The Hall–Kier alpha value is -2.77. The molecule has 0 saturated carbocycles. The summed E-state index contributed by atoms with van der Waals surface area (Å²) in [6, 6.07) is 15.5. The van der Waals surface area contributed by atoms with Crippen molar-refractivity contribution in [2.24, 2.45) is 0 Å². The summed E-state index contributed by atoms with van der Waals surface area (Å²) in [5.74, 6) is -1.44. The van der Waals surface area contributed by atoms with Crippen LogP contribution in [0.15, 0.2) is 71.3 Å². The highest BCUT2D eigenvalue weighted by Crippen LogP contribution is 2.41. The Labute approximate surface area is 189 Å². The molecule has 3 rings (SSSR count). The van der Waals surface area contributed by atoms with Gasteiger partial charge in [0.2, 0.25) is 4.75 Å². The summed E-state index contributed by atoms with van der Waals surface area (Å²) in [7, 11) is -2.88. The minimum atomic E-state index is -4.34. The van der Waals surface area contributed by atoms with Gasteiger partial charge in [0.05, 0.1) is 17.5 Å². The largest absolute Gasteiger partial charge is 0.375 e. The van der Waals surface area contributed by atoms with Gasteiger partial charge in [0.1, 0.15) is 0 Å². The van der Waals surface area contributed by atoms with Crippen molar-refractivity contribution in [1.82, 2.24) is 4.90 Å². The third-order valence-electron chi connectivity index (χ3n) is 5.95. The van der Waals surface area contributed by atoms with Crippen molar-refractivity contribution in [3.8, 4) is 0 Å². The normalized spacial score (nSPS) is 22.9. The van der Waals surface area contributed by atoms with Gasteiger partial charge in [0, 0.05) is 19.2 Å². The highest BCUT2D eigenvalue weighted by atomic mass is 32.2. The van der Waals surface area contributed by atoms with Crippen LogP contribution in [-0.4, -0.2) is 43.0 Å². The molecule has 32 heavy (non-hydrogen) atoms. The Morgan fingerprint density at radius 2 is 1.78 bits per heavy atom. The van der Waals surface area contributed by atoms with E-state index in [1.165, 1.54) is 31.1 Å². The van der Waals surface area contributed by atoms with E-state index in [4.69, 9.17) is 4.74 Å². The van der Waals surface area contributed by atoms with Crippen LogP contribution in [0.3, 0.4) is 0 Å². The van der Waals surface area contributed by atoms with Crippen molar-refractivity contribution >= 4 is 21.5 Å². The number of ether oxygens (including phenoxy) is 1. The lowest BCUT2D eigenvalue weighted by atomic mass is 9.87. The predicted octanol–water partition coefficient (Wildman–Crippen LogP) is 3.84. The molecular formula is C25H29NO5S. The van der Waals surface area contributed by atoms with E-state index in [1.54, 1.807) is 12.1 Å². The lowest BCUT2D eigenvalue weighted by molar-refractivity contribution is -0.143. The van der Waals surface area contributed by atoms with Crippen molar-refractivity contribution in [3.05, 3.63) is 77.5 Å². The smallest absolute Gasteiger partial charge is 0.256 e. The van der Waals surface area contributed by atoms with Crippen LogP contribution in [0.1, 0.15) is 37.8 Å². The van der Waals surface area contributed by atoms with Crippen LogP contribution < -0.4 is 0 Å². The molecule has 1 aliphatic heterocycles. The van der Waals surface area contributed by atoms with Crippen molar-refractivity contribution in [2.75, 3.05) is 7.11 Å². The highest BCUT2D eigenvalue weighted by Gasteiger charge is 2.61. The number of rotatable bonds is 7. The number of nitrogens with zero attached hydrogens (tertiary/aromatic N) is 1. The van der Waals surface area contributed by atoms with Crippen molar-refractivity contribution < 1.29 is 22.7 Å². The number of ketones is 1. The Balaban J connectivity index is 2.22. The van der Waals surface area contributed by atoms with Crippen LogP contribution in [0.5, 0.6) is 0 Å². The number of hydrogen-bond acceptors (Lipinski definition) is 5. The first-order valence-corrected chi connectivity index (χ1v) is 12.1. The number of Topliss-reactive ketones (excluding diaryl/α,β-unsaturated/α-hetero) is 1. The molecule has 0 unspecified atom stereocenters. The molecule has 0 radical (unpaired) electrons. The van der Waals surface area contributed by atoms with Gasteiger partial charge in [-0.2, -0.15) is 0 Å². The second kappa shape index (κ2) is 9.38. The summed E-state index contributed by atoms with van der Waals surface area (Å²) in [6.45, 7) is 5.09. The number of likely N-dealkylation sites (tertiary alicyclic amines) is 1. The summed E-state index contributed by atoms with van der Waals surface area (Å²) in [4.78, 5) is 28.4. The predicted molar refractivity (Wildman–Crippen MR) is 123 cm³/mol. The zero-order chi connectivity index (χ0) is 23.5. The summed E-state index contributed by atoms with van der Waals surface area (Å²) < 4.78 is 31.1. The first-order chi connectivity index (χ1) is 15.2. The fourth-order valence-corrected chi connectivity index (χ4v) is 6.16. The van der Waals surface area contributed by atoms with Crippen LogP contribution in [-0.2, 0) is 30.7 Å². The summed E-state index contributed by atoms with van der Waals surface area (Å²) in [5, 5.41) is 0. The van der Waals surface area contributed by atoms with E-state index >= 15 is 0 Å². The van der Waals surface area contributed by atoms with Crippen molar-refractivity contribution in [3.63, 3.8) is 0 Å². The average Bonchev–Trinajstić information content (AvgIpc) is 2.77. The van der Waals surface area contributed by atoms with E-state index in [9.17, 15) is 18.0 Å². The van der Waals surface area contributed by atoms with Gasteiger partial charge in [-0.1, -0.05) is 61.0 Å². The maximum Gasteiger partial charge on any atom is 0.256 e. The van der Waals surface area contributed by atoms with Gasteiger partial charge in [0.25, 0.3) is 5.91 Å². The summed E-state index contributed by atoms with van der Waals surface area (Å²) >= 11 is 0. The van der Waals surface area contributed by atoms with Gasteiger partial charge < -0.3 is 9.64 Å². The molecule has 1 fully saturated rings. The zero-order valence-corrected chi connectivity index (χ0v) is 19.7. The van der Waals surface area contributed by atoms with Crippen LogP contribution in [0.25, 0.3) is 0 Å². The number of carbonyl (C=O) groups excluding carboxylic acids is 2. The molecule has 1 amide bonds. The second-order valence-electron chi connectivity index (χ2n) is 8.04. The SMILES string of the molecule is CC/C=C1\[C@@H](OC)C[C@](C(C)=O)(S(=O)(=O)c2ccc(C)cc2)C(=O)N1Cc1ccccc1. The molecule has 2 aromatic rings. The van der Waals surface area contributed by atoms with Crippen LogP contribution in [0.2, 0.25) is 0 Å². The number of allylic oxidation sites excluding steroid dienone is 1. The molecule has 1 saturated heterocycles. The molecule has 170 valence electrons. The van der Waals surface area contributed by atoms with E-state index in [-0.39, 0.29) is 17.9 Å².